The second kappa shape index (κ2) is 6.77. The molecule has 1 N–H and O–H groups in total. The van der Waals surface area contributed by atoms with Crippen molar-refractivity contribution in [3.8, 4) is 0 Å². The standard InChI is InChI=1S/C14H19ClN2O3S/c1-16-8-11-6-7-17(9-11)14(18)10-21(19,20)13-4-2-12(15)3-5-13/h2-5,11,16H,6-10H2,1H3. The second-order valence-corrected chi connectivity index (χ2v) is 7.69. The van der Waals surface area contributed by atoms with Crippen molar-refractivity contribution in [3.63, 3.8) is 0 Å². The van der Waals surface area contributed by atoms with Gasteiger partial charge in [-0.2, -0.15) is 0 Å². The Morgan fingerprint density at radius 1 is 1.38 bits per heavy atom. The molecular formula is C14H19ClN2O3S. The average molecular weight is 331 g/mol. The summed E-state index contributed by atoms with van der Waals surface area (Å²) in [5.74, 6) is -0.415. The highest BCUT2D eigenvalue weighted by molar-refractivity contribution is 7.92. The molecule has 21 heavy (non-hydrogen) atoms. The van der Waals surface area contributed by atoms with E-state index in [2.05, 4.69) is 5.32 Å². The van der Waals surface area contributed by atoms with Crippen LogP contribution >= 0.6 is 11.6 Å². The van der Waals surface area contributed by atoms with E-state index in [0.717, 1.165) is 13.0 Å². The Morgan fingerprint density at radius 2 is 2.05 bits per heavy atom. The molecule has 7 heteroatoms. The fourth-order valence-corrected chi connectivity index (χ4v) is 3.84. The molecule has 1 atom stereocenters. The van der Waals surface area contributed by atoms with E-state index in [4.69, 9.17) is 11.6 Å². The molecule has 1 aliphatic heterocycles. The molecule has 0 aromatic heterocycles. The summed E-state index contributed by atoms with van der Waals surface area (Å²) in [5, 5.41) is 3.55. The molecule has 1 amide bonds. The number of amides is 1. The zero-order chi connectivity index (χ0) is 15.5. The van der Waals surface area contributed by atoms with Gasteiger partial charge in [-0.25, -0.2) is 8.42 Å². The van der Waals surface area contributed by atoms with Gasteiger partial charge >= 0.3 is 0 Å². The first-order chi connectivity index (χ1) is 9.92. The van der Waals surface area contributed by atoms with Gasteiger partial charge in [-0.1, -0.05) is 11.6 Å². The number of nitrogens with zero attached hydrogens (tertiary/aromatic N) is 1. The normalized spacial score (nSPS) is 19.0. The minimum absolute atomic E-state index is 0.131. The molecular weight excluding hydrogens is 312 g/mol. The third-order valence-corrected chi connectivity index (χ3v) is 5.49. The summed E-state index contributed by atoms with van der Waals surface area (Å²) in [6.07, 6.45) is 0.910. The predicted octanol–water partition coefficient (Wildman–Crippen LogP) is 1.18. The highest BCUT2D eigenvalue weighted by atomic mass is 35.5. The van der Waals surface area contributed by atoms with E-state index in [1.54, 1.807) is 4.90 Å². The van der Waals surface area contributed by atoms with Crippen molar-refractivity contribution in [3.05, 3.63) is 29.3 Å². The van der Waals surface area contributed by atoms with Gasteiger partial charge in [-0.3, -0.25) is 4.79 Å². The van der Waals surface area contributed by atoms with Gasteiger partial charge in [0.25, 0.3) is 0 Å². The molecule has 1 unspecified atom stereocenters. The van der Waals surface area contributed by atoms with Crippen LogP contribution in [-0.4, -0.2) is 51.7 Å². The molecule has 1 saturated heterocycles. The maximum Gasteiger partial charge on any atom is 0.238 e. The van der Waals surface area contributed by atoms with Crippen LogP contribution in [0.15, 0.2) is 29.2 Å². The SMILES string of the molecule is CNCC1CCN(C(=O)CS(=O)(=O)c2ccc(Cl)cc2)C1. The largest absolute Gasteiger partial charge is 0.341 e. The van der Waals surface area contributed by atoms with Crippen LogP contribution in [0.5, 0.6) is 0 Å². The number of carbonyl (C=O) groups excluding carboxylic acids is 1. The van der Waals surface area contributed by atoms with Crippen molar-refractivity contribution >= 4 is 27.3 Å². The molecule has 0 aliphatic carbocycles. The quantitative estimate of drug-likeness (QED) is 0.880. The third-order valence-electron chi connectivity index (χ3n) is 3.62. The molecule has 116 valence electrons. The van der Waals surface area contributed by atoms with Crippen LogP contribution in [0.4, 0.5) is 0 Å². The van der Waals surface area contributed by atoms with Crippen LogP contribution in [0, 0.1) is 5.92 Å². The number of rotatable bonds is 5. The maximum absolute atomic E-state index is 12.2. The van der Waals surface area contributed by atoms with E-state index >= 15 is 0 Å². The van der Waals surface area contributed by atoms with Crippen LogP contribution in [0.25, 0.3) is 0 Å². The molecule has 0 bridgehead atoms. The summed E-state index contributed by atoms with van der Waals surface area (Å²) < 4.78 is 24.4. The van der Waals surface area contributed by atoms with E-state index in [1.807, 2.05) is 7.05 Å². The summed E-state index contributed by atoms with van der Waals surface area (Å²) in [7, 11) is -1.74. The van der Waals surface area contributed by atoms with Gasteiger partial charge in [-0.05, 0) is 50.2 Å². The zero-order valence-electron chi connectivity index (χ0n) is 11.9. The lowest BCUT2D eigenvalue weighted by Crippen LogP contribution is -2.34. The van der Waals surface area contributed by atoms with Crippen molar-refractivity contribution in [2.75, 3.05) is 32.4 Å². The van der Waals surface area contributed by atoms with Gasteiger partial charge in [0.15, 0.2) is 9.84 Å². The Hall–Kier alpha value is -1.11. The van der Waals surface area contributed by atoms with Crippen molar-refractivity contribution in [1.29, 1.82) is 0 Å². The predicted molar refractivity (Wildman–Crippen MR) is 82.1 cm³/mol. The van der Waals surface area contributed by atoms with Gasteiger partial charge < -0.3 is 10.2 Å². The fourth-order valence-electron chi connectivity index (χ4n) is 2.49. The fraction of sp³-hybridized carbons (Fsp3) is 0.500. The van der Waals surface area contributed by atoms with Crippen LogP contribution in [0.2, 0.25) is 5.02 Å². The highest BCUT2D eigenvalue weighted by Gasteiger charge is 2.29. The minimum Gasteiger partial charge on any atom is -0.341 e. The lowest BCUT2D eigenvalue weighted by molar-refractivity contribution is -0.127. The van der Waals surface area contributed by atoms with Crippen LogP contribution in [0.1, 0.15) is 6.42 Å². The van der Waals surface area contributed by atoms with E-state index in [-0.39, 0.29) is 10.8 Å². The molecule has 1 heterocycles. The first-order valence-electron chi connectivity index (χ1n) is 6.83. The number of carbonyl (C=O) groups is 1. The summed E-state index contributed by atoms with van der Waals surface area (Å²) in [6, 6.07) is 5.88. The van der Waals surface area contributed by atoms with Crippen molar-refractivity contribution in [1.82, 2.24) is 10.2 Å². The molecule has 2 rings (SSSR count). The van der Waals surface area contributed by atoms with Gasteiger partial charge in [0.2, 0.25) is 5.91 Å². The topological polar surface area (TPSA) is 66.5 Å². The smallest absolute Gasteiger partial charge is 0.238 e. The number of nitrogens with one attached hydrogen (secondary N) is 1. The van der Waals surface area contributed by atoms with Crippen LogP contribution in [-0.2, 0) is 14.6 Å². The Kier molecular flexibility index (Phi) is 5.24. The summed E-state index contributed by atoms with van der Waals surface area (Å²) in [5.41, 5.74) is 0. The lowest BCUT2D eigenvalue weighted by Gasteiger charge is -2.16. The Morgan fingerprint density at radius 3 is 2.67 bits per heavy atom. The van der Waals surface area contributed by atoms with E-state index in [1.165, 1.54) is 24.3 Å². The van der Waals surface area contributed by atoms with Crippen molar-refractivity contribution < 1.29 is 13.2 Å². The second-order valence-electron chi connectivity index (χ2n) is 5.27. The van der Waals surface area contributed by atoms with Crippen molar-refractivity contribution in [2.24, 2.45) is 5.92 Å². The summed E-state index contributed by atoms with van der Waals surface area (Å²) in [4.78, 5) is 13.9. The molecule has 1 aliphatic rings. The van der Waals surface area contributed by atoms with E-state index in [9.17, 15) is 13.2 Å². The molecule has 0 radical (unpaired) electrons. The van der Waals surface area contributed by atoms with Gasteiger partial charge in [0.1, 0.15) is 5.75 Å². The van der Waals surface area contributed by atoms with E-state index < -0.39 is 15.6 Å². The molecule has 0 saturated carbocycles. The number of halogens is 1. The number of likely N-dealkylation sites (tertiary alicyclic amines) is 1. The van der Waals surface area contributed by atoms with Gasteiger partial charge in [-0.15, -0.1) is 0 Å². The molecule has 5 nitrogen and oxygen atoms in total. The highest BCUT2D eigenvalue weighted by Crippen LogP contribution is 2.19. The monoisotopic (exact) mass is 330 g/mol. The average Bonchev–Trinajstić information content (AvgIpc) is 2.88. The first-order valence-corrected chi connectivity index (χ1v) is 8.86. The third kappa shape index (κ3) is 4.18. The molecule has 0 spiro atoms. The number of hydrogen-bond donors (Lipinski definition) is 1. The summed E-state index contributed by atoms with van der Waals surface area (Å²) >= 11 is 5.74. The minimum atomic E-state index is -3.61. The zero-order valence-corrected chi connectivity index (χ0v) is 13.5. The number of hydrogen-bond acceptors (Lipinski definition) is 4. The Labute approximate surface area is 130 Å². The Balaban J connectivity index is 2.00. The van der Waals surface area contributed by atoms with Crippen LogP contribution < -0.4 is 5.32 Å². The van der Waals surface area contributed by atoms with E-state index in [0.29, 0.717) is 24.0 Å². The van der Waals surface area contributed by atoms with Crippen LogP contribution in [0.3, 0.4) is 0 Å². The molecule has 1 aromatic carbocycles. The summed E-state index contributed by atoms with van der Waals surface area (Å²) in [6.45, 7) is 2.09. The Bertz CT molecular complexity index is 601. The number of sulfone groups is 1. The number of benzene rings is 1. The molecule has 1 aromatic rings. The van der Waals surface area contributed by atoms with Gasteiger partial charge in [0.05, 0.1) is 4.90 Å². The first kappa shape index (κ1) is 16.3. The molecule has 1 fully saturated rings. The lowest BCUT2D eigenvalue weighted by atomic mass is 10.1. The maximum atomic E-state index is 12.2. The van der Waals surface area contributed by atoms with Crippen molar-refractivity contribution in [2.45, 2.75) is 11.3 Å². The van der Waals surface area contributed by atoms with Gasteiger partial charge in [0, 0.05) is 18.1 Å².